The molecule has 1 rings (SSSR count). The van der Waals surface area contributed by atoms with E-state index in [1.54, 1.807) is 6.92 Å². The van der Waals surface area contributed by atoms with Gasteiger partial charge in [0.05, 0.1) is 19.6 Å². The van der Waals surface area contributed by atoms with Gasteiger partial charge in [0.2, 0.25) is 0 Å². The van der Waals surface area contributed by atoms with Gasteiger partial charge in [-0.2, -0.15) is 17.4 Å². The summed E-state index contributed by atoms with van der Waals surface area (Å²) in [5.74, 6) is -0.511. The van der Waals surface area contributed by atoms with E-state index >= 15 is 0 Å². The molecular formula is C11H22N2O5S. The van der Waals surface area contributed by atoms with Crippen LogP contribution in [0.2, 0.25) is 0 Å². The van der Waals surface area contributed by atoms with Gasteiger partial charge in [0, 0.05) is 19.1 Å². The summed E-state index contributed by atoms with van der Waals surface area (Å²) in [6.45, 7) is 2.15. The largest absolute Gasteiger partial charge is 0.469 e. The first-order chi connectivity index (χ1) is 8.94. The smallest absolute Gasteiger partial charge is 0.308 e. The summed E-state index contributed by atoms with van der Waals surface area (Å²) < 4.78 is 32.5. The third-order valence-electron chi connectivity index (χ3n) is 3.36. The number of aliphatic hydroxyl groups is 1. The first-order valence-corrected chi connectivity index (χ1v) is 7.84. The normalized spacial score (nSPS) is 20.2. The fourth-order valence-corrected chi connectivity index (χ4v) is 3.54. The maximum absolute atomic E-state index is 12.0. The third kappa shape index (κ3) is 4.41. The van der Waals surface area contributed by atoms with E-state index in [-0.39, 0.29) is 31.6 Å². The number of methoxy groups -OCH3 is 1. The van der Waals surface area contributed by atoms with Crippen LogP contribution >= 0.6 is 0 Å². The number of carbonyl (C=O) groups excluding carboxylic acids is 1. The number of nitrogens with one attached hydrogen (secondary N) is 1. The van der Waals surface area contributed by atoms with Crippen LogP contribution < -0.4 is 4.72 Å². The topological polar surface area (TPSA) is 95.9 Å². The molecule has 1 heterocycles. The van der Waals surface area contributed by atoms with Crippen LogP contribution in [0.3, 0.4) is 0 Å². The molecule has 0 aromatic heterocycles. The van der Waals surface area contributed by atoms with Gasteiger partial charge in [-0.3, -0.25) is 4.79 Å². The van der Waals surface area contributed by atoms with Crippen molar-refractivity contribution >= 4 is 16.2 Å². The van der Waals surface area contributed by atoms with E-state index in [1.165, 1.54) is 11.4 Å². The summed E-state index contributed by atoms with van der Waals surface area (Å²) in [6, 6.07) is -0.469. The van der Waals surface area contributed by atoms with Crippen molar-refractivity contribution in [2.24, 2.45) is 5.92 Å². The molecule has 1 aliphatic heterocycles. The van der Waals surface area contributed by atoms with Crippen LogP contribution in [0.15, 0.2) is 0 Å². The molecule has 0 spiro atoms. The Bertz CT molecular complexity index is 386. The molecule has 19 heavy (non-hydrogen) atoms. The maximum Gasteiger partial charge on any atom is 0.308 e. The highest BCUT2D eigenvalue weighted by Crippen LogP contribution is 2.20. The zero-order chi connectivity index (χ0) is 14.5. The maximum atomic E-state index is 12.0. The van der Waals surface area contributed by atoms with Gasteiger partial charge in [-0.1, -0.05) is 6.92 Å². The van der Waals surface area contributed by atoms with E-state index in [4.69, 9.17) is 5.11 Å². The van der Waals surface area contributed by atoms with Gasteiger partial charge < -0.3 is 9.84 Å². The van der Waals surface area contributed by atoms with E-state index in [2.05, 4.69) is 9.46 Å². The Kier molecular flexibility index (Phi) is 6.18. The number of piperidine rings is 1. The van der Waals surface area contributed by atoms with Gasteiger partial charge in [-0.05, 0) is 19.3 Å². The molecule has 0 unspecified atom stereocenters. The zero-order valence-electron chi connectivity index (χ0n) is 11.3. The van der Waals surface area contributed by atoms with Gasteiger partial charge in [0.1, 0.15) is 0 Å². The highest BCUT2D eigenvalue weighted by Gasteiger charge is 2.32. The van der Waals surface area contributed by atoms with Crippen LogP contribution in [-0.2, 0) is 19.7 Å². The number of rotatable bonds is 6. The third-order valence-corrected chi connectivity index (χ3v) is 5.03. The van der Waals surface area contributed by atoms with Crippen LogP contribution in [0.1, 0.15) is 26.2 Å². The number of aliphatic hydroxyl groups excluding tert-OH is 1. The van der Waals surface area contributed by atoms with E-state index < -0.39 is 16.3 Å². The number of hydrogen-bond donors (Lipinski definition) is 2. The summed E-state index contributed by atoms with van der Waals surface area (Å²) in [5.41, 5.74) is 0. The quantitative estimate of drug-likeness (QED) is 0.642. The Morgan fingerprint density at radius 2 is 2.05 bits per heavy atom. The van der Waals surface area contributed by atoms with Gasteiger partial charge in [-0.15, -0.1) is 0 Å². The average Bonchev–Trinajstić information content (AvgIpc) is 2.44. The van der Waals surface area contributed by atoms with E-state index in [1.807, 2.05) is 0 Å². The van der Waals surface area contributed by atoms with Crippen molar-refractivity contribution in [2.75, 3.05) is 26.8 Å². The number of esters is 1. The van der Waals surface area contributed by atoms with Crippen LogP contribution in [0, 0.1) is 5.92 Å². The van der Waals surface area contributed by atoms with Crippen molar-refractivity contribution in [3.8, 4) is 0 Å². The molecule has 0 radical (unpaired) electrons. The SMILES string of the molecule is CC[C@@H](CO)NS(=O)(=O)N1CCC(C(=O)OC)CC1. The second-order valence-corrected chi connectivity index (χ2v) is 6.31. The summed E-state index contributed by atoms with van der Waals surface area (Å²) in [6.07, 6.45) is 1.45. The minimum absolute atomic E-state index is 0.226. The molecule has 7 nitrogen and oxygen atoms in total. The second kappa shape index (κ2) is 7.18. The summed E-state index contributed by atoms with van der Waals surface area (Å²) in [4.78, 5) is 11.4. The Balaban J connectivity index is 2.56. The van der Waals surface area contributed by atoms with Crippen LogP contribution in [0.25, 0.3) is 0 Å². The van der Waals surface area contributed by atoms with E-state index in [0.29, 0.717) is 19.3 Å². The van der Waals surface area contributed by atoms with E-state index in [0.717, 1.165) is 0 Å². The Labute approximate surface area is 114 Å². The lowest BCUT2D eigenvalue weighted by Gasteiger charge is -2.31. The number of hydrogen-bond acceptors (Lipinski definition) is 5. The molecule has 2 N–H and O–H groups in total. The molecule has 112 valence electrons. The number of carbonyl (C=O) groups is 1. The van der Waals surface area contributed by atoms with Crippen molar-refractivity contribution in [1.29, 1.82) is 0 Å². The van der Waals surface area contributed by atoms with Crippen molar-refractivity contribution in [3.63, 3.8) is 0 Å². The molecule has 0 aromatic rings. The lowest BCUT2D eigenvalue weighted by molar-refractivity contribution is -0.146. The van der Waals surface area contributed by atoms with Gasteiger partial charge in [0.25, 0.3) is 10.2 Å². The Morgan fingerprint density at radius 1 is 1.47 bits per heavy atom. The molecule has 0 aromatic carbocycles. The highest BCUT2D eigenvalue weighted by atomic mass is 32.2. The van der Waals surface area contributed by atoms with Crippen molar-refractivity contribution in [3.05, 3.63) is 0 Å². The van der Waals surface area contributed by atoms with Crippen LogP contribution in [0.5, 0.6) is 0 Å². The van der Waals surface area contributed by atoms with Gasteiger partial charge >= 0.3 is 5.97 Å². The molecule has 1 saturated heterocycles. The fraction of sp³-hybridized carbons (Fsp3) is 0.909. The Morgan fingerprint density at radius 3 is 2.47 bits per heavy atom. The molecule has 1 aliphatic rings. The minimum Gasteiger partial charge on any atom is -0.469 e. The summed E-state index contributed by atoms with van der Waals surface area (Å²) in [7, 11) is -2.26. The predicted octanol–water partition coefficient (Wildman–Crippen LogP) is -0.523. The molecule has 1 fully saturated rings. The molecule has 0 amide bonds. The predicted molar refractivity (Wildman–Crippen MR) is 69.5 cm³/mol. The van der Waals surface area contributed by atoms with E-state index in [9.17, 15) is 13.2 Å². The van der Waals surface area contributed by atoms with Crippen molar-refractivity contribution in [2.45, 2.75) is 32.2 Å². The average molecular weight is 294 g/mol. The summed E-state index contributed by atoms with van der Waals surface area (Å²) >= 11 is 0. The molecular weight excluding hydrogens is 272 g/mol. The first-order valence-electron chi connectivity index (χ1n) is 6.40. The zero-order valence-corrected chi connectivity index (χ0v) is 12.1. The van der Waals surface area contributed by atoms with Crippen LogP contribution in [0.4, 0.5) is 0 Å². The highest BCUT2D eigenvalue weighted by molar-refractivity contribution is 7.87. The molecule has 8 heteroatoms. The monoisotopic (exact) mass is 294 g/mol. The van der Waals surface area contributed by atoms with Crippen molar-refractivity contribution in [1.82, 2.24) is 9.03 Å². The van der Waals surface area contributed by atoms with Gasteiger partial charge in [0.15, 0.2) is 0 Å². The molecule has 1 atom stereocenters. The first kappa shape index (κ1) is 16.4. The van der Waals surface area contributed by atoms with Crippen molar-refractivity contribution < 1.29 is 23.1 Å². The Hall–Kier alpha value is -0.700. The standard InChI is InChI=1S/C11H22N2O5S/c1-3-10(8-14)12-19(16,17)13-6-4-9(5-7-13)11(15)18-2/h9-10,12,14H,3-8H2,1-2H3/t10-/m0/s1. The fourth-order valence-electron chi connectivity index (χ4n) is 2.03. The minimum atomic E-state index is -3.59. The summed E-state index contributed by atoms with van der Waals surface area (Å²) in [5, 5.41) is 9.03. The molecule has 0 bridgehead atoms. The van der Waals surface area contributed by atoms with Crippen LogP contribution in [-0.4, -0.2) is 56.6 Å². The van der Waals surface area contributed by atoms with Gasteiger partial charge in [-0.25, -0.2) is 0 Å². The second-order valence-electron chi connectivity index (χ2n) is 4.61. The lowest BCUT2D eigenvalue weighted by atomic mass is 9.99. The molecule has 0 aliphatic carbocycles. The number of nitrogens with zero attached hydrogens (tertiary/aromatic N) is 1. The molecule has 0 saturated carbocycles. The number of ether oxygens (including phenoxy) is 1. The lowest BCUT2D eigenvalue weighted by Crippen LogP contribution is -2.49.